The second-order valence-corrected chi connectivity index (χ2v) is 11.7. The minimum absolute atomic E-state index is 1.10. The van der Waals surface area contributed by atoms with Crippen LogP contribution in [0.15, 0.2) is 182 Å². The van der Waals surface area contributed by atoms with E-state index in [0.29, 0.717) is 0 Å². The molecule has 7 aromatic carbocycles. The van der Waals surface area contributed by atoms with Gasteiger partial charge in [-0.15, -0.1) is 0 Å². The lowest BCUT2D eigenvalue weighted by atomic mass is 10.0. The monoisotopic (exact) mass is 592 g/mol. The van der Waals surface area contributed by atoms with E-state index in [4.69, 9.17) is 0 Å². The minimum Gasteiger partial charge on any atom is -0.311 e. The van der Waals surface area contributed by atoms with Crippen molar-refractivity contribution < 1.29 is 0 Å². The van der Waals surface area contributed by atoms with Gasteiger partial charge in [0.1, 0.15) is 0 Å². The molecule has 0 spiro atoms. The van der Waals surface area contributed by atoms with Crippen molar-refractivity contribution in [3.05, 3.63) is 193 Å². The standard InChI is InChI=1S/C44H36N2/c1-33-16-22-39(23-17-33)45(41-26-20-37(21-27-41)35-10-5-3-6-11-35)42-28-30-43(31-29-42)46(40-24-18-34(2)19-25-40)44-15-9-14-38(32-44)36-12-7-4-8-13-36/h3-32H,1-2H3. The summed E-state index contributed by atoms with van der Waals surface area (Å²) in [6, 6.07) is 65.1. The summed E-state index contributed by atoms with van der Waals surface area (Å²) in [6.07, 6.45) is 0. The van der Waals surface area contributed by atoms with E-state index in [2.05, 4.69) is 206 Å². The molecule has 46 heavy (non-hydrogen) atoms. The zero-order chi connectivity index (χ0) is 31.3. The fourth-order valence-corrected chi connectivity index (χ4v) is 5.92. The molecule has 0 fully saturated rings. The maximum Gasteiger partial charge on any atom is 0.0467 e. The molecule has 2 heteroatoms. The highest BCUT2D eigenvalue weighted by Gasteiger charge is 2.17. The third-order valence-corrected chi connectivity index (χ3v) is 8.39. The average Bonchev–Trinajstić information content (AvgIpc) is 3.12. The molecule has 0 bridgehead atoms. The lowest BCUT2D eigenvalue weighted by molar-refractivity contribution is 1.25. The Bertz CT molecular complexity index is 2010. The van der Waals surface area contributed by atoms with Crippen LogP contribution in [0.1, 0.15) is 11.1 Å². The van der Waals surface area contributed by atoms with Crippen molar-refractivity contribution in [2.24, 2.45) is 0 Å². The molecule has 0 aliphatic rings. The highest BCUT2D eigenvalue weighted by molar-refractivity contribution is 5.83. The molecule has 0 aliphatic carbocycles. The molecule has 222 valence electrons. The average molecular weight is 593 g/mol. The second-order valence-electron chi connectivity index (χ2n) is 11.7. The molecule has 7 rings (SSSR count). The number of anilines is 6. The molecular weight excluding hydrogens is 556 g/mol. The van der Waals surface area contributed by atoms with Gasteiger partial charge in [-0.25, -0.2) is 0 Å². The lowest BCUT2D eigenvalue weighted by Crippen LogP contribution is -2.12. The Kier molecular flexibility index (Phi) is 8.17. The van der Waals surface area contributed by atoms with Gasteiger partial charge in [0, 0.05) is 34.1 Å². The van der Waals surface area contributed by atoms with Crippen LogP contribution in [0.4, 0.5) is 34.1 Å². The summed E-state index contributed by atoms with van der Waals surface area (Å²) in [5.41, 5.74) is 14.0. The van der Waals surface area contributed by atoms with E-state index < -0.39 is 0 Å². The van der Waals surface area contributed by atoms with Gasteiger partial charge in [-0.3, -0.25) is 0 Å². The van der Waals surface area contributed by atoms with Crippen LogP contribution in [0.2, 0.25) is 0 Å². The van der Waals surface area contributed by atoms with E-state index in [0.717, 1.165) is 34.1 Å². The highest BCUT2D eigenvalue weighted by Crippen LogP contribution is 2.40. The Hall–Kier alpha value is -5.86. The van der Waals surface area contributed by atoms with Crippen LogP contribution >= 0.6 is 0 Å². The molecule has 0 atom stereocenters. The summed E-state index contributed by atoms with van der Waals surface area (Å²) >= 11 is 0. The Morgan fingerprint density at radius 3 is 1.04 bits per heavy atom. The van der Waals surface area contributed by atoms with E-state index in [-0.39, 0.29) is 0 Å². The molecule has 0 amide bonds. The summed E-state index contributed by atoms with van der Waals surface area (Å²) in [5.74, 6) is 0. The van der Waals surface area contributed by atoms with Gasteiger partial charge in [0.05, 0.1) is 0 Å². The first-order valence-electron chi connectivity index (χ1n) is 15.8. The number of rotatable bonds is 8. The molecule has 0 unspecified atom stereocenters. The lowest BCUT2D eigenvalue weighted by Gasteiger charge is -2.29. The smallest absolute Gasteiger partial charge is 0.0467 e. The van der Waals surface area contributed by atoms with Gasteiger partial charge in [0.25, 0.3) is 0 Å². The first kappa shape index (κ1) is 28.9. The Labute approximate surface area is 272 Å². The van der Waals surface area contributed by atoms with Crippen molar-refractivity contribution in [2.45, 2.75) is 13.8 Å². The fourth-order valence-electron chi connectivity index (χ4n) is 5.92. The van der Waals surface area contributed by atoms with Crippen LogP contribution in [0, 0.1) is 13.8 Å². The second kappa shape index (κ2) is 13.0. The van der Waals surface area contributed by atoms with Crippen molar-refractivity contribution in [3.63, 3.8) is 0 Å². The first-order valence-corrected chi connectivity index (χ1v) is 15.8. The van der Waals surface area contributed by atoms with Crippen molar-refractivity contribution in [1.29, 1.82) is 0 Å². The van der Waals surface area contributed by atoms with Crippen molar-refractivity contribution in [3.8, 4) is 22.3 Å². The van der Waals surface area contributed by atoms with Gasteiger partial charge in [-0.2, -0.15) is 0 Å². The van der Waals surface area contributed by atoms with Gasteiger partial charge in [0.2, 0.25) is 0 Å². The van der Waals surface area contributed by atoms with Crippen LogP contribution in [0.3, 0.4) is 0 Å². The van der Waals surface area contributed by atoms with E-state index in [1.165, 1.54) is 33.4 Å². The van der Waals surface area contributed by atoms with Crippen LogP contribution in [0.25, 0.3) is 22.3 Å². The quantitative estimate of drug-likeness (QED) is 0.173. The number of hydrogen-bond donors (Lipinski definition) is 0. The number of aryl methyl sites for hydroxylation is 2. The van der Waals surface area contributed by atoms with E-state index in [1.54, 1.807) is 0 Å². The number of hydrogen-bond acceptors (Lipinski definition) is 2. The Balaban J connectivity index is 1.28. The first-order chi connectivity index (χ1) is 22.6. The molecule has 0 N–H and O–H groups in total. The molecule has 0 aliphatic heterocycles. The Morgan fingerprint density at radius 1 is 0.261 bits per heavy atom. The summed E-state index contributed by atoms with van der Waals surface area (Å²) in [6.45, 7) is 4.26. The van der Waals surface area contributed by atoms with Crippen molar-refractivity contribution in [1.82, 2.24) is 0 Å². The maximum absolute atomic E-state index is 2.33. The predicted octanol–water partition coefficient (Wildman–Crippen LogP) is 12.6. The van der Waals surface area contributed by atoms with E-state index in [9.17, 15) is 0 Å². The third-order valence-electron chi connectivity index (χ3n) is 8.39. The molecule has 2 nitrogen and oxygen atoms in total. The molecular formula is C44H36N2. The third kappa shape index (κ3) is 6.20. The van der Waals surface area contributed by atoms with Gasteiger partial charge >= 0.3 is 0 Å². The van der Waals surface area contributed by atoms with Gasteiger partial charge in [-0.1, -0.05) is 120 Å². The summed E-state index contributed by atoms with van der Waals surface area (Å²) in [5, 5.41) is 0. The minimum atomic E-state index is 1.10. The summed E-state index contributed by atoms with van der Waals surface area (Å²) < 4.78 is 0. The zero-order valence-corrected chi connectivity index (χ0v) is 26.2. The molecule has 0 heterocycles. The molecule has 7 aromatic rings. The largest absolute Gasteiger partial charge is 0.311 e. The van der Waals surface area contributed by atoms with E-state index in [1.807, 2.05) is 0 Å². The van der Waals surface area contributed by atoms with Crippen LogP contribution in [0.5, 0.6) is 0 Å². The topological polar surface area (TPSA) is 6.48 Å². The van der Waals surface area contributed by atoms with Crippen LogP contribution in [-0.2, 0) is 0 Å². The summed E-state index contributed by atoms with van der Waals surface area (Å²) in [4.78, 5) is 4.66. The maximum atomic E-state index is 2.33. The molecule has 0 aromatic heterocycles. The zero-order valence-electron chi connectivity index (χ0n) is 26.2. The number of nitrogens with zero attached hydrogens (tertiary/aromatic N) is 2. The molecule has 0 saturated heterocycles. The van der Waals surface area contributed by atoms with Crippen molar-refractivity contribution >= 4 is 34.1 Å². The van der Waals surface area contributed by atoms with Gasteiger partial charge < -0.3 is 9.80 Å². The van der Waals surface area contributed by atoms with Gasteiger partial charge in [-0.05, 0) is 109 Å². The van der Waals surface area contributed by atoms with Gasteiger partial charge in [0.15, 0.2) is 0 Å². The fraction of sp³-hybridized carbons (Fsp3) is 0.0455. The normalized spacial score (nSPS) is 10.8. The SMILES string of the molecule is Cc1ccc(N(c2ccc(-c3ccccc3)cc2)c2ccc(N(c3ccc(C)cc3)c3cccc(-c4ccccc4)c3)cc2)cc1. The van der Waals surface area contributed by atoms with E-state index >= 15 is 0 Å². The predicted molar refractivity (Wildman–Crippen MR) is 196 cm³/mol. The Morgan fingerprint density at radius 2 is 0.587 bits per heavy atom. The van der Waals surface area contributed by atoms with Crippen LogP contribution < -0.4 is 9.80 Å². The summed E-state index contributed by atoms with van der Waals surface area (Å²) in [7, 11) is 0. The molecule has 0 radical (unpaired) electrons. The molecule has 0 saturated carbocycles. The highest BCUT2D eigenvalue weighted by atomic mass is 15.2. The van der Waals surface area contributed by atoms with Crippen molar-refractivity contribution in [2.75, 3.05) is 9.80 Å². The van der Waals surface area contributed by atoms with Crippen LogP contribution in [-0.4, -0.2) is 0 Å². The number of benzene rings is 7.